The number of hydrogen-bond acceptors (Lipinski definition) is 6. The Morgan fingerprint density at radius 2 is 1.96 bits per heavy atom. The summed E-state index contributed by atoms with van der Waals surface area (Å²) in [6.45, 7) is 4.49. The van der Waals surface area contributed by atoms with E-state index in [0.29, 0.717) is 28.6 Å². The van der Waals surface area contributed by atoms with Gasteiger partial charge < -0.3 is 4.74 Å². The minimum atomic E-state index is -0.587. The fraction of sp³-hybridized carbons (Fsp3) is 0.333. The first-order chi connectivity index (χ1) is 13.6. The lowest BCUT2D eigenvalue weighted by Gasteiger charge is -2.15. The minimum absolute atomic E-state index is 0.0846. The number of nitriles is 1. The number of carbonyl (C=O) groups excluding carboxylic acids is 2. The molecule has 0 bridgehead atoms. The summed E-state index contributed by atoms with van der Waals surface area (Å²) in [6, 6.07) is 12.6. The number of aryl methyl sites for hydroxylation is 1. The van der Waals surface area contributed by atoms with Crippen LogP contribution in [0.15, 0.2) is 41.4 Å². The van der Waals surface area contributed by atoms with Crippen molar-refractivity contribution in [3.05, 3.63) is 47.7 Å². The molecule has 28 heavy (non-hydrogen) atoms. The van der Waals surface area contributed by atoms with Crippen molar-refractivity contribution in [1.29, 1.82) is 5.26 Å². The molecular weight excluding hydrogens is 374 g/mol. The van der Waals surface area contributed by atoms with Gasteiger partial charge in [0.1, 0.15) is 16.8 Å². The molecule has 1 unspecified atom stereocenters. The molecule has 0 saturated carbocycles. The highest BCUT2D eigenvalue weighted by Crippen LogP contribution is 2.35. The first kappa shape index (κ1) is 19.9. The van der Waals surface area contributed by atoms with Gasteiger partial charge in [-0.25, -0.2) is 9.88 Å². The first-order valence-electron chi connectivity index (χ1n) is 9.23. The molecule has 0 spiro atoms. The van der Waals surface area contributed by atoms with Crippen molar-refractivity contribution in [2.75, 3.05) is 11.5 Å². The lowest BCUT2D eigenvalue weighted by atomic mass is 10.2. The Hall–Kier alpha value is -2.85. The lowest BCUT2D eigenvalue weighted by Crippen LogP contribution is -2.31. The number of rotatable bonds is 7. The normalized spacial score (nSPS) is 16.3. The molecule has 3 rings (SSSR count). The maximum absolute atomic E-state index is 12.9. The summed E-state index contributed by atoms with van der Waals surface area (Å²) >= 11 is 1.19. The summed E-state index contributed by atoms with van der Waals surface area (Å²) in [6.07, 6.45) is 1.83. The molecule has 2 amide bonds. The molecule has 0 radical (unpaired) electrons. The molecule has 1 fully saturated rings. The first-order valence-corrected chi connectivity index (χ1v) is 10.1. The van der Waals surface area contributed by atoms with Gasteiger partial charge in [0.25, 0.3) is 0 Å². The zero-order valence-electron chi connectivity index (χ0n) is 15.8. The van der Waals surface area contributed by atoms with E-state index >= 15 is 0 Å². The zero-order valence-corrected chi connectivity index (χ0v) is 16.7. The molecule has 1 atom stereocenters. The molecule has 7 heteroatoms. The third kappa shape index (κ3) is 4.18. The van der Waals surface area contributed by atoms with Gasteiger partial charge in [-0.1, -0.05) is 25.1 Å². The van der Waals surface area contributed by atoms with Crippen LogP contribution in [0.2, 0.25) is 0 Å². The Morgan fingerprint density at radius 3 is 2.61 bits per heavy atom. The summed E-state index contributed by atoms with van der Waals surface area (Å²) in [5.74, 6) is 0.146. The number of thioether (sulfide) groups is 1. The van der Waals surface area contributed by atoms with Crippen LogP contribution >= 0.6 is 11.8 Å². The summed E-state index contributed by atoms with van der Waals surface area (Å²) in [7, 11) is 0. The van der Waals surface area contributed by atoms with Crippen LogP contribution in [0.25, 0.3) is 0 Å². The highest BCUT2D eigenvalue weighted by Gasteiger charge is 2.40. The lowest BCUT2D eigenvalue weighted by molar-refractivity contribution is -0.121. The number of anilines is 1. The average Bonchev–Trinajstić information content (AvgIpc) is 2.97. The van der Waals surface area contributed by atoms with Crippen LogP contribution in [0.3, 0.4) is 0 Å². The van der Waals surface area contributed by atoms with E-state index in [4.69, 9.17) is 4.74 Å². The number of aromatic nitrogens is 1. The van der Waals surface area contributed by atoms with Crippen LogP contribution in [0, 0.1) is 11.3 Å². The zero-order chi connectivity index (χ0) is 20.1. The number of ether oxygens (including phenoxy) is 1. The number of benzene rings is 1. The Bertz CT molecular complexity index is 921. The molecule has 0 aliphatic carbocycles. The Labute approximate surface area is 168 Å². The molecule has 1 aromatic heterocycles. The predicted octanol–water partition coefficient (Wildman–Crippen LogP) is 3.73. The van der Waals surface area contributed by atoms with Gasteiger partial charge in [-0.15, -0.1) is 0 Å². The molecule has 1 aliphatic heterocycles. The number of nitrogens with zero attached hydrogens (tertiary/aromatic N) is 3. The molecule has 144 valence electrons. The number of hydrogen-bond donors (Lipinski definition) is 0. The molecule has 1 aliphatic rings. The van der Waals surface area contributed by atoms with E-state index < -0.39 is 5.25 Å². The Kier molecular flexibility index (Phi) is 6.32. The fourth-order valence-corrected chi connectivity index (χ4v) is 4.12. The van der Waals surface area contributed by atoms with Crippen molar-refractivity contribution in [1.82, 2.24) is 4.98 Å². The van der Waals surface area contributed by atoms with E-state index in [1.54, 1.807) is 30.3 Å². The number of pyridine rings is 1. The SMILES string of the molecule is CCCc1ccc(C#N)c(SC2CC(=O)N(c3ccc(OCC)cc3)C2=O)n1. The van der Waals surface area contributed by atoms with Gasteiger partial charge in [0.15, 0.2) is 0 Å². The van der Waals surface area contributed by atoms with Crippen LogP contribution in [0.5, 0.6) is 5.75 Å². The maximum Gasteiger partial charge on any atom is 0.247 e. The topological polar surface area (TPSA) is 83.3 Å². The maximum atomic E-state index is 12.9. The van der Waals surface area contributed by atoms with Crippen molar-refractivity contribution in [3.8, 4) is 11.8 Å². The summed E-state index contributed by atoms with van der Waals surface area (Å²) in [5, 5.41) is 9.27. The quantitative estimate of drug-likeness (QED) is 0.664. The summed E-state index contributed by atoms with van der Waals surface area (Å²) in [5.41, 5.74) is 1.82. The van der Waals surface area contributed by atoms with Crippen LogP contribution in [-0.2, 0) is 16.0 Å². The highest BCUT2D eigenvalue weighted by atomic mass is 32.2. The second kappa shape index (κ2) is 8.89. The van der Waals surface area contributed by atoms with E-state index in [-0.39, 0.29) is 18.2 Å². The number of imide groups is 1. The van der Waals surface area contributed by atoms with E-state index in [9.17, 15) is 14.9 Å². The average molecular weight is 395 g/mol. The Morgan fingerprint density at radius 1 is 1.21 bits per heavy atom. The van der Waals surface area contributed by atoms with E-state index in [1.807, 2.05) is 13.0 Å². The van der Waals surface area contributed by atoms with Gasteiger partial charge in [-0.3, -0.25) is 9.59 Å². The van der Waals surface area contributed by atoms with Crippen LogP contribution in [0.1, 0.15) is 37.9 Å². The predicted molar refractivity (Wildman–Crippen MR) is 107 cm³/mol. The number of amides is 2. The van der Waals surface area contributed by atoms with Gasteiger partial charge >= 0.3 is 0 Å². The summed E-state index contributed by atoms with van der Waals surface area (Å²) in [4.78, 5) is 31.1. The molecule has 1 aromatic carbocycles. The van der Waals surface area contributed by atoms with Crippen LogP contribution in [0.4, 0.5) is 5.69 Å². The third-order valence-corrected chi connectivity index (χ3v) is 5.50. The van der Waals surface area contributed by atoms with Crippen molar-refractivity contribution < 1.29 is 14.3 Å². The van der Waals surface area contributed by atoms with Gasteiger partial charge in [-0.05, 0) is 49.7 Å². The second-order valence-corrected chi connectivity index (χ2v) is 7.51. The summed E-state index contributed by atoms with van der Waals surface area (Å²) < 4.78 is 5.40. The molecule has 2 aromatic rings. The third-order valence-electron chi connectivity index (χ3n) is 4.31. The van der Waals surface area contributed by atoms with Crippen molar-refractivity contribution in [3.63, 3.8) is 0 Å². The van der Waals surface area contributed by atoms with Gasteiger partial charge in [0.05, 0.1) is 23.1 Å². The smallest absolute Gasteiger partial charge is 0.247 e. The molecule has 6 nitrogen and oxygen atoms in total. The monoisotopic (exact) mass is 395 g/mol. The van der Waals surface area contributed by atoms with Gasteiger partial charge in [0.2, 0.25) is 11.8 Å². The van der Waals surface area contributed by atoms with Crippen molar-refractivity contribution in [2.24, 2.45) is 0 Å². The van der Waals surface area contributed by atoms with Crippen molar-refractivity contribution in [2.45, 2.75) is 43.4 Å². The van der Waals surface area contributed by atoms with E-state index in [1.165, 1.54) is 16.7 Å². The van der Waals surface area contributed by atoms with Gasteiger partial charge in [0, 0.05) is 12.1 Å². The molecule has 1 saturated heterocycles. The van der Waals surface area contributed by atoms with Crippen molar-refractivity contribution >= 4 is 29.3 Å². The fourth-order valence-electron chi connectivity index (χ4n) is 3.01. The Balaban J connectivity index is 1.80. The molecule has 2 heterocycles. The van der Waals surface area contributed by atoms with E-state index in [2.05, 4.69) is 18.0 Å². The molecular formula is C21H21N3O3S. The minimum Gasteiger partial charge on any atom is -0.494 e. The highest BCUT2D eigenvalue weighted by molar-refractivity contribution is 8.00. The van der Waals surface area contributed by atoms with Crippen LogP contribution in [-0.4, -0.2) is 28.7 Å². The van der Waals surface area contributed by atoms with E-state index in [0.717, 1.165) is 18.5 Å². The standard InChI is InChI=1S/C21H21N3O3S/c1-3-5-15-7-6-14(13-22)20(23-15)28-18-12-19(25)24(21(18)26)16-8-10-17(11-9-16)27-4-2/h6-11,18H,3-5,12H2,1-2H3. The second-order valence-electron chi connectivity index (χ2n) is 6.32. The van der Waals surface area contributed by atoms with Gasteiger partial charge in [-0.2, -0.15) is 5.26 Å². The largest absolute Gasteiger partial charge is 0.494 e. The van der Waals surface area contributed by atoms with Crippen LogP contribution < -0.4 is 9.64 Å². The molecule has 0 N–H and O–H groups in total. The number of carbonyl (C=O) groups is 2.